The summed E-state index contributed by atoms with van der Waals surface area (Å²) in [5.41, 5.74) is 0. The number of β-amino-alcohol motifs (C(OH)–C–C–N with tert-alkyl or cyclic N) is 1. The van der Waals surface area contributed by atoms with Gasteiger partial charge in [0.1, 0.15) is 0 Å². The fourth-order valence-electron chi connectivity index (χ4n) is 2.95. The van der Waals surface area contributed by atoms with Gasteiger partial charge in [0.25, 0.3) is 0 Å². The van der Waals surface area contributed by atoms with Gasteiger partial charge >= 0.3 is 0 Å². The van der Waals surface area contributed by atoms with E-state index in [1.807, 2.05) is 0 Å². The van der Waals surface area contributed by atoms with Crippen LogP contribution in [0.1, 0.15) is 39.0 Å². The van der Waals surface area contributed by atoms with Crippen LogP contribution in [0.15, 0.2) is 0 Å². The summed E-state index contributed by atoms with van der Waals surface area (Å²) in [6.45, 7) is 3.88. The van der Waals surface area contributed by atoms with Gasteiger partial charge in [-0.1, -0.05) is 19.8 Å². The van der Waals surface area contributed by atoms with Crippen LogP contribution < -0.4 is 10.6 Å². The smallest absolute Gasteiger partial charge is 0.237 e. The first-order valence-electron chi connectivity index (χ1n) is 7.47. The highest BCUT2D eigenvalue weighted by Gasteiger charge is 2.27. The average molecular weight is 270 g/mol. The molecule has 4 atom stereocenters. The molecule has 1 aliphatic carbocycles. The van der Waals surface area contributed by atoms with E-state index in [2.05, 4.69) is 17.6 Å². The Morgan fingerprint density at radius 2 is 2.21 bits per heavy atom. The summed E-state index contributed by atoms with van der Waals surface area (Å²) in [7, 11) is 0. The maximum Gasteiger partial charge on any atom is 0.237 e. The molecule has 1 saturated carbocycles. The van der Waals surface area contributed by atoms with Crippen LogP contribution in [0.2, 0.25) is 0 Å². The third-order valence-corrected chi connectivity index (χ3v) is 4.19. The number of aliphatic hydroxyl groups is 1. The molecular weight excluding hydrogens is 244 g/mol. The summed E-state index contributed by atoms with van der Waals surface area (Å²) in [6, 6.07) is -0.247. The Balaban J connectivity index is 1.57. The SMILES string of the molecule is C[C@@H]1CCCC[C@@H]1OCCNC(=O)[C@@H]1C[C@H](O)CN1. The standard InChI is InChI=1S/C14H26N2O3/c1-10-4-2-3-5-13(10)19-7-6-15-14(18)12-8-11(17)9-16-12/h10-13,16-17H,2-9H2,1H3,(H,15,18)/t10-,11+,12+,13+/m1/s1. The van der Waals surface area contributed by atoms with E-state index in [1.54, 1.807) is 0 Å². The van der Waals surface area contributed by atoms with E-state index < -0.39 is 6.10 Å². The second kappa shape index (κ2) is 7.22. The van der Waals surface area contributed by atoms with Gasteiger partial charge in [-0.2, -0.15) is 0 Å². The van der Waals surface area contributed by atoms with Gasteiger partial charge < -0.3 is 20.5 Å². The highest BCUT2D eigenvalue weighted by Crippen LogP contribution is 2.25. The summed E-state index contributed by atoms with van der Waals surface area (Å²) in [4.78, 5) is 11.8. The number of hydrogen-bond acceptors (Lipinski definition) is 4. The Morgan fingerprint density at radius 3 is 2.89 bits per heavy atom. The molecule has 0 radical (unpaired) electrons. The molecule has 0 spiro atoms. The quantitative estimate of drug-likeness (QED) is 0.633. The molecule has 3 N–H and O–H groups in total. The molecule has 2 rings (SSSR count). The average Bonchev–Trinajstić information content (AvgIpc) is 2.83. The van der Waals surface area contributed by atoms with Crippen molar-refractivity contribution in [1.29, 1.82) is 0 Å². The summed E-state index contributed by atoms with van der Waals surface area (Å²) in [5.74, 6) is 0.605. The number of ether oxygens (including phenoxy) is 1. The lowest BCUT2D eigenvalue weighted by Crippen LogP contribution is -2.42. The second-order valence-electron chi connectivity index (χ2n) is 5.81. The molecule has 0 unspecified atom stereocenters. The number of aliphatic hydroxyl groups excluding tert-OH is 1. The molecule has 0 aromatic carbocycles. The minimum absolute atomic E-state index is 0.0307. The molecule has 1 aliphatic heterocycles. The van der Waals surface area contributed by atoms with Crippen LogP contribution in [-0.4, -0.2) is 49.0 Å². The van der Waals surface area contributed by atoms with Crippen molar-refractivity contribution in [3.8, 4) is 0 Å². The molecule has 0 aromatic rings. The fraction of sp³-hybridized carbons (Fsp3) is 0.929. The van der Waals surface area contributed by atoms with Crippen molar-refractivity contribution in [2.24, 2.45) is 5.92 Å². The first kappa shape index (κ1) is 14.8. The minimum atomic E-state index is -0.393. The molecule has 1 amide bonds. The highest BCUT2D eigenvalue weighted by atomic mass is 16.5. The van der Waals surface area contributed by atoms with Gasteiger partial charge in [0.2, 0.25) is 5.91 Å². The van der Waals surface area contributed by atoms with Crippen molar-refractivity contribution in [2.75, 3.05) is 19.7 Å². The molecule has 2 fully saturated rings. The van der Waals surface area contributed by atoms with Crippen LogP contribution in [0.25, 0.3) is 0 Å². The molecule has 5 nitrogen and oxygen atoms in total. The van der Waals surface area contributed by atoms with Gasteiger partial charge in [-0.05, 0) is 25.2 Å². The van der Waals surface area contributed by atoms with E-state index in [0.717, 1.165) is 6.42 Å². The molecule has 2 aliphatic rings. The Labute approximate surface area is 115 Å². The van der Waals surface area contributed by atoms with Gasteiger partial charge in [-0.3, -0.25) is 4.79 Å². The van der Waals surface area contributed by atoms with E-state index >= 15 is 0 Å². The third-order valence-electron chi connectivity index (χ3n) is 4.19. The number of hydrogen-bond donors (Lipinski definition) is 3. The van der Waals surface area contributed by atoms with Gasteiger partial charge in [0.05, 0.1) is 24.9 Å². The fourth-order valence-corrected chi connectivity index (χ4v) is 2.95. The van der Waals surface area contributed by atoms with E-state index in [0.29, 0.717) is 38.1 Å². The molecule has 5 heteroatoms. The molecule has 1 saturated heterocycles. The summed E-state index contributed by atoms with van der Waals surface area (Å²) in [6.07, 6.45) is 5.43. The van der Waals surface area contributed by atoms with E-state index in [1.165, 1.54) is 19.3 Å². The minimum Gasteiger partial charge on any atom is -0.392 e. The molecular formula is C14H26N2O3. The normalized spacial score (nSPS) is 35.3. The lowest BCUT2D eigenvalue weighted by atomic mass is 9.88. The Morgan fingerprint density at radius 1 is 1.42 bits per heavy atom. The van der Waals surface area contributed by atoms with Crippen LogP contribution in [0.4, 0.5) is 0 Å². The lowest BCUT2D eigenvalue weighted by molar-refractivity contribution is -0.123. The molecule has 0 bridgehead atoms. The van der Waals surface area contributed by atoms with Crippen LogP contribution in [0, 0.1) is 5.92 Å². The number of rotatable bonds is 5. The van der Waals surface area contributed by atoms with Gasteiger partial charge in [0.15, 0.2) is 0 Å². The summed E-state index contributed by atoms with van der Waals surface area (Å²) in [5, 5.41) is 15.2. The van der Waals surface area contributed by atoms with Crippen LogP contribution >= 0.6 is 0 Å². The van der Waals surface area contributed by atoms with Crippen molar-refractivity contribution < 1.29 is 14.6 Å². The second-order valence-corrected chi connectivity index (χ2v) is 5.81. The van der Waals surface area contributed by atoms with E-state index in [-0.39, 0.29) is 11.9 Å². The number of carbonyl (C=O) groups excluding carboxylic acids is 1. The zero-order chi connectivity index (χ0) is 13.7. The Hall–Kier alpha value is -0.650. The van der Waals surface area contributed by atoms with Crippen molar-refractivity contribution >= 4 is 5.91 Å². The van der Waals surface area contributed by atoms with E-state index in [9.17, 15) is 9.90 Å². The van der Waals surface area contributed by atoms with Crippen molar-refractivity contribution in [1.82, 2.24) is 10.6 Å². The predicted octanol–water partition coefficient (Wildman–Crippen LogP) is 0.421. The van der Waals surface area contributed by atoms with Crippen molar-refractivity contribution in [3.05, 3.63) is 0 Å². The van der Waals surface area contributed by atoms with Gasteiger partial charge in [-0.15, -0.1) is 0 Å². The number of carbonyl (C=O) groups is 1. The topological polar surface area (TPSA) is 70.6 Å². The van der Waals surface area contributed by atoms with Gasteiger partial charge in [0, 0.05) is 13.1 Å². The first-order valence-corrected chi connectivity index (χ1v) is 7.47. The summed E-state index contributed by atoms with van der Waals surface area (Å²) >= 11 is 0. The number of amides is 1. The highest BCUT2D eigenvalue weighted by molar-refractivity contribution is 5.82. The number of nitrogens with one attached hydrogen (secondary N) is 2. The summed E-state index contributed by atoms with van der Waals surface area (Å²) < 4.78 is 5.84. The maximum atomic E-state index is 11.8. The van der Waals surface area contributed by atoms with Crippen LogP contribution in [0.5, 0.6) is 0 Å². The Kier molecular flexibility index (Phi) is 5.60. The van der Waals surface area contributed by atoms with Gasteiger partial charge in [-0.25, -0.2) is 0 Å². The zero-order valence-corrected chi connectivity index (χ0v) is 11.7. The monoisotopic (exact) mass is 270 g/mol. The van der Waals surface area contributed by atoms with E-state index in [4.69, 9.17) is 4.74 Å². The Bertz CT molecular complexity index is 298. The van der Waals surface area contributed by atoms with Crippen molar-refractivity contribution in [3.63, 3.8) is 0 Å². The molecule has 1 heterocycles. The van der Waals surface area contributed by atoms with Crippen molar-refractivity contribution in [2.45, 2.75) is 57.3 Å². The third kappa shape index (κ3) is 4.44. The predicted molar refractivity (Wildman–Crippen MR) is 72.8 cm³/mol. The lowest BCUT2D eigenvalue weighted by Gasteiger charge is -2.28. The maximum absolute atomic E-state index is 11.8. The zero-order valence-electron chi connectivity index (χ0n) is 11.7. The molecule has 110 valence electrons. The van der Waals surface area contributed by atoms with Crippen LogP contribution in [-0.2, 0) is 9.53 Å². The largest absolute Gasteiger partial charge is 0.392 e. The molecule has 19 heavy (non-hydrogen) atoms. The first-order chi connectivity index (χ1) is 9.16. The molecule has 0 aromatic heterocycles. The van der Waals surface area contributed by atoms with Crippen LogP contribution in [0.3, 0.4) is 0 Å².